The Morgan fingerprint density at radius 1 is 1.00 bits per heavy atom. The van der Waals surface area contributed by atoms with Crippen LogP contribution in [0.2, 0.25) is 0 Å². The smallest absolute Gasteiger partial charge is 0.348 e. The number of hydrogen-bond donors (Lipinski definition) is 2. The van der Waals surface area contributed by atoms with E-state index < -0.39 is 11.7 Å². The number of rotatable bonds is 6. The minimum absolute atomic E-state index is 0.0339. The third kappa shape index (κ3) is 5.36. The molecule has 0 spiro atoms. The van der Waals surface area contributed by atoms with Gasteiger partial charge in [-0.3, -0.25) is 0 Å². The summed E-state index contributed by atoms with van der Waals surface area (Å²) in [4.78, 5) is 14.1. The van der Waals surface area contributed by atoms with E-state index in [4.69, 9.17) is 9.97 Å². The highest BCUT2D eigenvalue weighted by Gasteiger charge is 2.32. The van der Waals surface area contributed by atoms with Crippen LogP contribution in [0.1, 0.15) is 48.7 Å². The van der Waals surface area contributed by atoms with Crippen LogP contribution in [0.4, 0.5) is 19.1 Å². The lowest BCUT2D eigenvalue weighted by atomic mass is 9.97. The van der Waals surface area contributed by atoms with Crippen molar-refractivity contribution >= 4 is 5.95 Å². The van der Waals surface area contributed by atoms with E-state index in [1.807, 2.05) is 48.9 Å². The molecule has 2 N–H and O–H groups in total. The minimum Gasteiger partial charge on any atom is -0.348 e. The number of halogens is 3. The lowest BCUT2D eigenvalue weighted by Gasteiger charge is -2.22. The van der Waals surface area contributed by atoms with Crippen LogP contribution in [0.3, 0.4) is 0 Å². The molecule has 2 aromatic heterocycles. The molecule has 9 heteroatoms. The van der Waals surface area contributed by atoms with E-state index >= 15 is 0 Å². The summed E-state index contributed by atoms with van der Waals surface area (Å²) < 4.78 is 42.6. The predicted molar refractivity (Wildman–Crippen MR) is 138 cm³/mol. The number of alkyl halides is 3. The minimum atomic E-state index is -4.44. The number of nitrogens with one attached hydrogen (secondary N) is 2. The molecule has 3 heterocycles. The van der Waals surface area contributed by atoms with Crippen molar-refractivity contribution in [2.75, 3.05) is 18.4 Å². The third-order valence-corrected chi connectivity index (χ3v) is 6.84. The summed E-state index contributed by atoms with van der Waals surface area (Å²) in [6.07, 6.45) is -0.960. The Morgan fingerprint density at radius 3 is 2.49 bits per heavy atom. The SMILES string of the molecule is CC(Nc1nccc(-c2nc(C3CCNCC3)n(C)c2-c2cccc(C(F)(F)F)c2)n1)c1ccccc1. The average Bonchev–Trinajstić information content (AvgIpc) is 3.26. The lowest BCUT2D eigenvalue weighted by Crippen LogP contribution is -2.27. The Balaban J connectivity index is 1.58. The van der Waals surface area contributed by atoms with Gasteiger partial charge in [-0.2, -0.15) is 13.2 Å². The summed E-state index contributed by atoms with van der Waals surface area (Å²) in [6, 6.07) is 17.1. The van der Waals surface area contributed by atoms with Gasteiger partial charge in [0, 0.05) is 24.7 Å². The van der Waals surface area contributed by atoms with Gasteiger partial charge in [0.1, 0.15) is 11.5 Å². The van der Waals surface area contributed by atoms with E-state index in [2.05, 4.69) is 15.6 Å². The Morgan fingerprint density at radius 2 is 1.76 bits per heavy atom. The molecule has 1 aliphatic rings. The molecule has 6 nitrogen and oxygen atoms in total. The first-order chi connectivity index (χ1) is 17.8. The zero-order chi connectivity index (χ0) is 26.0. The van der Waals surface area contributed by atoms with E-state index in [1.54, 1.807) is 18.3 Å². The molecule has 4 aromatic rings. The maximum atomic E-state index is 13.6. The van der Waals surface area contributed by atoms with Gasteiger partial charge in [0.25, 0.3) is 0 Å². The molecule has 2 aromatic carbocycles. The number of imidazole rings is 1. The van der Waals surface area contributed by atoms with Crippen LogP contribution in [0.25, 0.3) is 22.6 Å². The summed E-state index contributed by atoms with van der Waals surface area (Å²) in [5, 5.41) is 6.69. The van der Waals surface area contributed by atoms with E-state index in [1.165, 1.54) is 12.1 Å². The van der Waals surface area contributed by atoms with E-state index in [-0.39, 0.29) is 12.0 Å². The monoisotopic (exact) mass is 506 g/mol. The Kier molecular flexibility index (Phi) is 6.97. The first-order valence-corrected chi connectivity index (χ1v) is 12.4. The Labute approximate surface area is 214 Å². The van der Waals surface area contributed by atoms with Crippen LogP contribution >= 0.6 is 0 Å². The summed E-state index contributed by atoms with van der Waals surface area (Å²) >= 11 is 0. The fourth-order valence-corrected chi connectivity index (χ4v) is 4.89. The number of benzene rings is 2. The van der Waals surface area contributed by atoms with Gasteiger partial charge < -0.3 is 15.2 Å². The van der Waals surface area contributed by atoms with Crippen molar-refractivity contribution in [3.8, 4) is 22.6 Å². The van der Waals surface area contributed by atoms with E-state index in [0.29, 0.717) is 28.6 Å². The number of aromatic nitrogens is 4. The molecular weight excluding hydrogens is 477 g/mol. The molecule has 1 aliphatic heterocycles. The van der Waals surface area contributed by atoms with Crippen molar-refractivity contribution in [1.82, 2.24) is 24.8 Å². The van der Waals surface area contributed by atoms with Crippen LogP contribution in [-0.2, 0) is 13.2 Å². The van der Waals surface area contributed by atoms with Crippen LogP contribution in [-0.4, -0.2) is 32.6 Å². The average molecular weight is 507 g/mol. The summed E-state index contributed by atoms with van der Waals surface area (Å²) in [6.45, 7) is 3.78. The molecule has 1 unspecified atom stereocenters. The zero-order valence-corrected chi connectivity index (χ0v) is 20.8. The molecular formula is C28H29F3N6. The van der Waals surface area contributed by atoms with Crippen molar-refractivity contribution in [3.63, 3.8) is 0 Å². The molecule has 0 saturated carbocycles. The summed E-state index contributed by atoms with van der Waals surface area (Å²) in [5.41, 5.74) is 2.56. The van der Waals surface area contributed by atoms with Crippen LogP contribution in [0, 0.1) is 0 Å². The largest absolute Gasteiger partial charge is 0.416 e. The molecule has 1 atom stereocenters. The summed E-state index contributed by atoms with van der Waals surface area (Å²) in [5.74, 6) is 1.50. The fraction of sp³-hybridized carbons (Fsp3) is 0.321. The van der Waals surface area contributed by atoms with Crippen molar-refractivity contribution in [2.45, 2.75) is 37.9 Å². The number of hydrogen-bond acceptors (Lipinski definition) is 5. The normalized spacial score (nSPS) is 15.5. The van der Waals surface area contributed by atoms with E-state index in [9.17, 15) is 13.2 Å². The predicted octanol–water partition coefficient (Wildman–Crippen LogP) is 6.20. The second kappa shape index (κ2) is 10.3. The van der Waals surface area contributed by atoms with Gasteiger partial charge in [-0.05, 0) is 56.6 Å². The van der Waals surface area contributed by atoms with Crippen molar-refractivity contribution in [1.29, 1.82) is 0 Å². The molecule has 0 bridgehead atoms. The van der Waals surface area contributed by atoms with Crippen molar-refractivity contribution in [3.05, 3.63) is 83.8 Å². The first-order valence-electron chi connectivity index (χ1n) is 12.4. The van der Waals surface area contributed by atoms with Gasteiger partial charge in [0.2, 0.25) is 5.95 Å². The van der Waals surface area contributed by atoms with Crippen LogP contribution < -0.4 is 10.6 Å². The van der Waals surface area contributed by atoms with Gasteiger partial charge >= 0.3 is 6.18 Å². The molecule has 1 fully saturated rings. The third-order valence-electron chi connectivity index (χ3n) is 6.84. The molecule has 0 aliphatic carbocycles. The highest BCUT2D eigenvalue weighted by molar-refractivity contribution is 5.78. The highest BCUT2D eigenvalue weighted by Crippen LogP contribution is 2.38. The molecule has 5 rings (SSSR count). The van der Waals surface area contributed by atoms with E-state index in [0.717, 1.165) is 43.4 Å². The molecule has 0 amide bonds. The second-order valence-electron chi connectivity index (χ2n) is 9.37. The van der Waals surface area contributed by atoms with Crippen molar-refractivity contribution < 1.29 is 13.2 Å². The molecule has 0 radical (unpaired) electrons. The maximum Gasteiger partial charge on any atom is 0.416 e. The van der Waals surface area contributed by atoms with Crippen molar-refractivity contribution in [2.24, 2.45) is 7.05 Å². The number of nitrogens with zero attached hydrogens (tertiary/aromatic N) is 4. The van der Waals surface area contributed by atoms with Gasteiger partial charge in [-0.25, -0.2) is 15.0 Å². The Bertz CT molecular complexity index is 1360. The zero-order valence-electron chi connectivity index (χ0n) is 20.8. The Hall–Kier alpha value is -3.72. The molecule has 192 valence electrons. The van der Waals surface area contributed by atoms with Crippen LogP contribution in [0.5, 0.6) is 0 Å². The molecule has 37 heavy (non-hydrogen) atoms. The first kappa shape index (κ1) is 25.0. The number of anilines is 1. The second-order valence-corrected chi connectivity index (χ2v) is 9.37. The lowest BCUT2D eigenvalue weighted by molar-refractivity contribution is -0.137. The maximum absolute atomic E-state index is 13.6. The molecule has 1 saturated heterocycles. The van der Waals surface area contributed by atoms with Crippen LogP contribution in [0.15, 0.2) is 66.9 Å². The summed E-state index contributed by atoms with van der Waals surface area (Å²) in [7, 11) is 1.88. The highest BCUT2D eigenvalue weighted by atomic mass is 19.4. The number of piperidine rings is 1. The van der Waals surface area contributed by atoms with Gasteiger partial charge in [0.05, 0.1) is 23.0 Å². The van der Waals surface area contributed by atoms with Gasteiger partial charge in [-0.1, -0.05) is 42.5 Å². The van der Waals surface area contributed by atoms with Gasteiger partial charge in [-0.15, -0.1) is 0 Å². The fourth-order valence-electron chi connectivity index (χ4n) is 4.89. The standard InChI is InChI=1S/C28H29F3N6/c1-18(19-7-4-3-5-8-19)34-27-33-16-13-23(35-27)24-25(21-9-6-10-22(17-21)28(29,30)31)37(2)26(36-24)20-11-14-32-15-12-20/h3-10,13,16-18,20,32H,11-12,14-15H2,1-2H3,(H,33,34,35). The van der Waals surface area contributed by atoms with Gasteiger partial charge in [0.15, 0.2) is 0 Å². The quantitative estimate of drug-likeness (QED) is 0.326. The topological polar surface area (TPSA) is 67.7 Å².